The molecule has 0 spiro atoms. The van der Waals surface area contributed by atoms with E-state index in [9.17, 15) is 8.42 Å². The number of aromatic nitrogens is 2. The Hall–Kier alpha value is -0.760. The first-order chi connectivity index (χ1) is 8.39. The number of halogens is 1. The topological polar surface area (TPSA) is 89.2 Å². The lowest BCUT2D eigenvalue weighted by atomic mass is 10.1. The van der Waals surface area contributed by atoms with E-state index in [1.807, 2.05) is 0 Å². The molecule has 6 nitrogen and oxygen atoms in total. The summed E-state index contributed by atoms with van der Waals surface area (Å²) in [6.45, 7) is 4.42. The Bertz CT molecular complexity index is 521. The molecule has 0 unspecified atom stereocenters. The highest BCUT2D eigenvalue weighted by atomic mass is 35.5. The average Bonchev–Trinajstić information content (AvgIpc) is 2.28. The molecule has 2 rings (SSSR count). The molecule has 108 valence electrons. The van der Waals surface area contributed by atoms with Crippen molar-refractivity contribution in [3.05, 3.63) is 17.5 Å². The lowest BCUT2D eigenvalue weighted by Crippen LogP contribution is -2.43. The molecule has 0 amide bonds. The number of piperidine rings is 1. The molecule has 1 aliphatic heterocycles. The number of nitrogens with zero attached hydrogens (tertiary/aromatic N) is 3. The molecule has 0 radical (unpaired) electrons. The molecule has 19 heavy (non-hydrogen) atoms. The zero-order valence-electron chi connectivity index (χ0n) is 11.0. The van der Waals surface area contributed by atoms with Gasteiger partial charge in [-0.1, -0.05) is 0 Å². The van der Waals surface area contributed by atoms with Gasteiger partial charge >= 0.3 is 0 Å². The summed E-state index contributed by atoms with van der Waals surface area (Å²) >= 11 is 0. The molecule has 8 heteroatoms. The molecule has 0 atom stereocenters. The fourth-order valence-corrected chi connectivity index (χ4v) is 3.48. The quantitative estimate of drug-likeness (QED) is 0.809. The Balaban J connectivity index is 0.00000180. The van der Waals surface area contributed by atoms with Crippen LogP contribution in [0.5, 0.6) is 0 Å². The van der Waals surface area contributed by atoms with E-state index in [0.717, 1.165) is 0 Å². The summed E-state index contributed by atoms with van der Waals surface area (Å²) in [7, 11) is -3.57. The highest BCUT2D eigenvalue weighted by molar-refractivity contribution is 7.88. The first kappa shape index (κ1) is 16.3. The number of hydrogen-bond donors (Lipinski definition) is 1. The van der Waals surface area contributed by atoms with Crippen molar-refractivity contribution in [1.29, 1.82) is 0 Å². The molecule has 0 bridgehead atoms. The van der Waals surface area contributed by atoms with Gasteiger partial charge in [-0.25, -0.2) is 18.4 Å². The average molecular weight is 307 g/mol. The van der Waals surface area contributed by atoms with E-state index in [2.05, 4.69) is 9.97 Å². The van der Waals surface area contributed by atoms with Crippen LogP contribution in [0, 0.1) is 13.8 Å². The van der Waals surface area contributed by atoms with Crippen molar-refractivity contribution in [1.82, 2.24) is 14.3 Å². The van der Waals surface area contributed by atoms with Gasteiger partial charge in [0.15, 0.2) is 0 Å². The summed E-state index contributed by atoms with van der Waals surface area (Å²) in [6.07, 6.45) is 1.37. The minimum absolute atomic E-state index is 0. The molecule has 2 N–H and O–H groups in total. The van der Waals surface area contributed by atoms with Gasteiger partial charge in [0.25, 0.3) is 15.2 Å². The maximum atomic E-state index is 12.4. The van der Waals surface area contributed by atoms with Crippen LogP contribution < -0.4 is 5.73 Å². The van der Waals surface area contributed by atoms with Crippen LogP contribution in [0.2, 0.25) is 0 Å². The molecule has 1 aromatic rings. The highest BCUT2D eigenvalue weighted by Crippen LogP contribution is 2.18. The predicted octanol–water partition coefficient (Wildman–Crippen LogP) is 0.627. The van der Waals surface area contributed by atoms with Crippen molar-refractivity contribution in [2.75, 3.05) is 13.1 Å². The summed E-state index contributed by atoms with van der Waals surface area (Å²) in [5.74, 6) is 0. The fourth-order valence-electron chi connectivity index (χ4n) is 2.04. The lowest BCUT2D eigenvalue weighted by molar-refractivity contribution is 0.318. The van der Waals surface area contributed by atoms with E-state index in [1.54, 1.807) is 19.9 Å². The van der Waals surface area contributed by atoms with Crippen molar-refractivity contribution >= 4 is 22.4 Å². The second-order valence-electron chi connectivity index (χ2n) is 4.67. The van der Waals surface area contributed by atoms with Gasteiger partial charge in [-0.05, 0) is 32.8 Å². The third kappa shape index (κ3) is 3.62. The molecular weight excluding hydrogens is 288 g/mol. The molecule has 1 aliphatic rings. The van der Waals surface area contributed by atoms with Crippen molar-refractivity contribution in [3.63, 3.8) is 0 Å². The molecule has 0 saturated carbocycles. The largest absolute Gasteiger partial charge is 0.328 e. The van der Waals surface area contributed by atoms with Crippen LogP contribution in [0.4, 0.5) is 0 Å². The first-order valence-electron chi connectivity index (χ1n) is 5.97. The Morgan fingerprint density at radius 2 is 1.68 bits per heavy atom. The number of nitrogens with two attached hydrogens (primary N) is 1. The van der Waals surface area contributed by atoms with E-state index < -0.39 is 10.0 Å². The van der Waals surface area contributed by atoms with Crippen LogP contribution in [-0.2, 0) is 10.0 Å². The minimum Gasteiger partial charge on any atom is -0.328 e. The fraction of sp³-hybridized carbons (Fsp3) is 0.636. The molecular formula is C11H19ClN4O2S. The Morgan fingerprint density at radius 3 is 2.16 bits per heavy atom. The Kier molecular flexibility index (Phi) is 5.26. The van der Waals surface area contributed by atoms with Crippen molar-refractivity contribution in [2.45, 2.75) is 37.9 Å². The van der Waals surface area contributed by atoms with Gasteiger partial charge in [-0.2, -0.15) is 4.31 Å². The molecule has 0 aromatic carbocycles. The van der Waals surface area contributed by atoms with Crippen molar-refractivity contribution in [3.8, 4) is 0 Å². The number of aryl methyl sites for hydroxylation is 2. The third-order valence-electron chi connectivity index (χ3n) is 3.03. The van der Waals surface area contributed by atoms with Gasteiger partial charge in [0, 0.05) is 30.5 Å². The Morgan fingerprint density at radius 1 is 1.21 bits per heavy atom. The minimum atomic E-state index is -3.57. The summed E-state index contributed by atoms with van der Waals surface area (Å²) in [4.78, 5) is 8.06. The molecule has 2 heterocycles. The van der Waals surface area contributed by atoms with Crippen molar-refractivity contribution < 1.29 is 8.42 Å². The molecule has 1 fully saturated rings. The van der Waals surface area contributed by atoms with E-state index in [0.29, 0.717) is 37.3 Å². The third-order valence-corrected chi connectivity index (χ3v) is 4.72. The van der Waals surface area contributed by atoms with Gasteiger partial charge < -0.3 is 5.73 Å². The van der Waals surface area contributed by atoms with Gasteiger partial charge in [0.1, 0.15) is 0 Å². The second kappa shape index (κ2) is 6.13. The standard InChI is InChI=1S/C11H18N4O2S.ClH/c1-8-7-9(2)14-11(13-8)18(16,17)15-5-3-10(12)4-6-15;/h7,10H,3-6,12H2,1-2H3;1H. The number of sulfonamides is 1. The van der Waals surface area contributed by atoms with Crippen LogP contribution in [0.3, 0.4) is 0 Å². The number of rotatable bonds is 2. The van der Waals surface area contributed by atoms with Gasteiger partial charge in [0.2, 0.25) is 0 Å². The van der Waals surface area contributed by atoms with Gasteiger partial charge in [0.05, 0.1) is 0 Å². The van der Waals surface area contributed by atoms with E-state index in [-0.39, 0.29) is 23.6 Å². The normalized spacial score (nSPS) is 18.1. The first-order valence-corrected chi connectivity index (χ1v) is 7.41. The smallest absolute Gasteiger partial charge is 0.278 e. The van der Waals surface area contributed by atoms with E-state index >= 15 is 0 Å². The SMILES string of the molecule is Cc1cc(C)nc(S(=O)(=O)N2CCC(N)CC2)n1.Cl. The predicted molar refractivity (Wildman–Crippen MR) is 74.7 cm³/mol. The van der Waals surface area contributed by atoms with Crippen LogP contribution >= 0.6 is 12.4 Å². The molecule has 0 aliphatic carbocycles. The molecule has 1 aromatic heterocycles. The summed E-state index contributed by atoms with van der Waals surface area (Å²) in [5.41, 5.74) is 7.10. The van der Waals surface area contributed by atoms with Crippen LogP contribution in [0.1, 0.15) is 24.2 Å². The highest BCUT2D eigenvalue weighted by Gasteiger charge is 2.30. The van der Waals surface area contributed by atoms with E-state index in [1.165, 1.54) is 4.31 Å². The van der Waals surface area contributed by atoms with E-state index in [4.69, 9.17) is 5.73 Å². The maximum Gasteiger partial charge on any atom is 0.278 e. The zero-order chi connectivity index (χ0) is 13.3. The zero-order valence-corrected chi connectivity index (χ0v) is 12.7. The number of hydrogen-bond acceptors (Lipinski definition) is 5. The van der Waals surface area contributed by atoms with Crippen LogP contribution in [0.25, 0.3) is 0 Å². The lowest BCUT2D eigenvalue weighted by Gasteiger charge is -2.28. The Labute approximate surface area is 119 Å². The van der Waals surface area contributed by atoms with Gasteiger partial charge in [-0.15, -0.1) is 12.4 Å². The second-order valence-corrected chi connectivity index (χ2v) is 6.51. The van der Waals surface area contributed by atoms with Crippen LogP contribution in [0.15, 0.2) is 11.2 Å². The summed E-state index contributed by atoms with van der Waals surface area (Å²) in [6, 6.07) is 1.85. The maximum absolute atomic E-state index is 12.4. The monoisotopic (exact) mass is 306 g/mol. The molecule has 1 saturated heterocycles. The van der Waals surface area contributed by atoms with Crippen molar-refractivity contribution in [2.24, 2.45) is 5.73 Å². The summed E-state index contributed by atoms with van der Waals surface area (Å²) in [5, 5.41) is -0.101. The van der Waals surface area contributed by atoms with Gasteiger partial charge in [-0.3, -0.25) is 0 Å². The summed E-state index contributed by atoms with van der Waals surface area (Å²) < 4.78 is 26.1. The van der Waals surface area contributed by atoms with Crippen LogP contribution in [-0.4, -0.2) is 41.8 Å².